The SMILES string of the molecule is COc1cc(CNC2C3C4CCC(C4)C23)cc(Br)c1O. The second kappa shape index (κ2) is 4.63. The minimum absolute atomic E-state index is 0.178. The average Bonchev–Trinajstić information content (AvgIpc) is 2.83. The van der Waals surface area contributed by atoms with Crippen molar-refractivity contribution in [2.24, 2.45) is 23.7 Å². The van der Waals surface area contributed by atoms with Gasteiger partial charge in [0, 0.05) is 12.6 Å². The lowest BCUT2D eigenvalue weighted by atomic mass is 10.0. The number of hydrogen-bond acceptors (Lipinski definition) is 3. The van der Waals surface area contributed by atoms with E-state index < -0.39 is 0 Å². The molecule has 3 fully saturated rings. The van der Waals surface area contributed by atoms with Gasteiger partial charge >= 0.3 is 0 Å². The normalized spacial score (nSPS) is 37.0. The highest BCUT2D eigenvalue weighted by atomic mass is 79.9. The molecule has 0 saturated heterocycles. The summed E-state index contributed by atoms with van der Waals surface area (Å²) in [4.78, 5) is 0. The highest BCUT2D eigenvalue weighted by molar-refractivity contribution is 9.10. The topological polar surface area (TPSA) is 41.5 Å². The van der Waals surface area contributed by atoms with Crippen LogP contribution in [0.25, 0.3) is 0 Å². The quantitative estimate of drug-likeness (QED) is 0.885. The molecule has 0 spiro atoms. The number of rotatable bonds is 4. The number of hydrogen-bond donors (Lipinski definition) is 2. The number of nitrogens with one attached hydrogen (secondary N) is 1. The van der Waals surface area contributed by atoms with Gasteiger partial charge in [0.2, 0.25) is 0 Å². The monoisotopic (exact) mass is 337 g/mol. The summed E-state index contributed by atoms with van der Waals surface area (Å²) in [5.74, 6) is 4.63. The Hall–Kier alpha value is -0.740. The Morgan fingerprint density at radius 3 is 2.65 bits per heavy atom. The first-order chi connectivity index (χ1) is 9.69. The largest absolute Gasteiger partial charge is 0.503 e. The van der Waals surface area contributed by atoms with Gasteiger partial charge in [0.15, 0.2) is 11.5 Å². The Morgan fingerprint density at radius 1 is 1.30 bits per heavy atom. The molecule has 0 amide bonds. The van der Waals surface area contributed by atoms with Crippen molar-refractivity contribution in [3.63, 3.8) is 0 Å². The highest BCUT2D eigenvalue weighted by Gasteiger charge is 2.64. The second-order valence-electron chi connectivity index (χ2n) is 6.52. The molecule has 3 aliphatic rings. The molecule has 20 heavy (non-hydrogen) atoms. The molecule has 108 valence electrons. The van der Waals surface area contributed by atoms with Crippen LogP contribution in [0.5, 0.6) is 11.5 Å². The zero-order valence-electron chi connectivity index (χ0n) is 11.6. The lowest BCUT2D eigenvalue weighted by Crippen LogP contribution is -2.22. The predicted molar refractivity (Wildman–Crippen MR) is 80.8 cm³/mol. The van der Waals surface area contributed by atoms with Crippen molar-refractivity contribution < 1.29 is 9.84 Å². The standard InChI is InChI=1S/C16H20BrNO2/c1-20-12-5-8(4-11(17)16(12)19)7-18-15-13-9-2-3-10(6-9)14(13)15/h4-5,9-10,13-15,18-19H,2-3,6-7H2,1H3. The van der Waals surface area contributed by atoms with Crippen LogP contribution in [0.15, 0.2) is 16.6 Å². The summed E-state index contributed by atoms with van der Waals surface area (Å²) in [6, 6.07) is 4.62. The van der Waals surface area contributed by atoms with Crippen molar-refractivity contribution >= 4 is 15.9 Å². The maximum absolute atomic E-state index is 9.83. The molecule has 1 aromatic rings. The third kappa shape index (κ3) is 1.88. The lowest BCUT2D eigenvalue weighted by molar-refractivity contribution is 0.371. The fraction of sp³-hybridized carbons (Fsp3) is 0.625. The molecule has 4 unspecified atom stereocenters. The minimum atomic E-state index is 0.178. The van der Waals surface area contributed by atoms with E-state index >= 15 is 0 Å². The molecule has 1 aromatic carbocycles. The molecule has 0 radical (unpaired) electrons. The van der Waals surface area contributed by atoms with E-state index in [1.54, 1.807) is 7.11 Å². The summed E-state index contributed by atoms with van der Waals surface area (Å²) in [6.07, 6.45) is 4.41. The third-order valence-electron chi connectivity index (χ3n) is 5.59. The fourth-order valence-corrected chi connectivity index (χ4v) is 5.21. The van der Waals surface area contributed by atoms with Crippen LogP contribution in [0.2, 0.25) is 0 Å². The van der Waals surface area contributed by atoms with Crippen molar-refractivity contribution in [3.05, 3.63) is 22.2 Å². The number of fused-ring (bicyclic) bond motifs is 5. The van der Waals surface area contributed by atoms with Gasteiger partial charge in [-0.3, -0.25) is 0 Å². The molecule has 4 rings (SSSR count). The van der Waals surface area contributed by atoms with E-state index in [4.69, 9.17) is 4.74 Å². The van der Waals surface area contributed by atoms with Crippen LogP contribution in [-0.4, -0.2) is 18.3 Å². The van der Waals surface area contributed by atoms with E-state index in [2.05, 4.69) is 21.2 Å². The van der Waals surface area contributed by atoms with Gasteiger partial charge in [-0.2, -0.15) is 0 Å². The van der Waals surface area contributed by atoms with Crippen molar-refractivity contribution in [1.29, 1.82) is 0 Å². The number of aromatic hydroxyl groups is 1. The number of benzene rings is 1. The van der Waals surface area contributed by atoms with Crippen LogP contribution in [-0.2, 0) is 6.54 Å². The number of halogens is 1. The van der Waals surface area contributed by atoms with Gasteiger partial charge in [-0.1, -0.05) is 0 Å². The maximum Gasteiger partial charge on any atom is 0.172 e. The van der Waals surface area contributed by atoms with Crippen LogP contribution in [0.3, 0.4) is 0 Å². The molecule has 4 atom stereocenters. The van der Waals surface area contributed by atoms with Crippen LogP contribution in [0, 0.1) is 23.7 Å². The first kappa shape index (κ1) is 13.0. The molecule has 2 N–H and O–H groups in total. The molecule has 3 saturated carbocycles. The van der Waals surface area contributed by atoms with Gasteiger partial charge < -0.3 is 15.2 Å². The Labute approximate surface area is 127 Å². The van der Waals surface area contributed by atoms with Gasteiger partial charge in [-0.25, -0.2) is 0 Å². The maximum atomic E-state index is 9.83. The molecule has 0 aromatic heterocycles. The van der Waals surface area contributed by atoms with Crippen molar-refractivity contribution in [1.82, 2.24) is 5.32 Å². The average molecular weight is 338 g/mol. The number of methoxy groups -OCH3 is 1. The number of ether oxygens (including phenoxy) is 1. The van der Waals surface area contributed by atoms with Crippen LogP contribution in [0.1, 0.15) is 24.8 Å². The van der Waals surface area contributed by atoms with Crippen molar-refractivity contribution in [3.8, 4) is 11.5 Å². The predicted octanol–water partition coefficient (Wildman–Crippen LogP) is 3.30. The number of phenolic OH excluding ortho intramolecular Hbond substituents is 1. The summed E-state index contributed by atoms with van der Waals surface area (Å²) in [5, 5.41) is 13.5. The molecule has 3 nitrogen and oxygen atoms in total. The molecule has 0 heterocycles. The molecule has 0 aliphatic heterocycles. The molecule has 2 bridgehead atoms. The third-order valence-corrected chi connectivity index (χ3v) is 6.19. The summed E-state index contributed by atoms with van der Waals surface area (Å²) >= 11 is 3.38. The molecule has 4 heteroatoms. The summed E-state index contributed by atoms with van der Waals surface area (Å²) in [7, 11) is 1.58. The Morgan fingerprint density at radius 2 is 2.00 bits per heavy atom. The van der Waals surface area contributed by atoms with E-state index in [1.807, 2.05) is 12.1 Å². The fourth-order valence-electron chi connectivity index (χ4n) is 4.72. The van der Waals surface area contributed by atoms with Crippen LogP contribution < -0.4 is 10.1 Å². The van der Waals surface area contributed by atoms with E-state index in [0.29, 0.717) is 10.2 Å². The van der Waals surface area contributed by atoms with Crippen LogP contribution in [0.4, 0.5) is 0 Å². The van der Waals surface area contributed by atoms with Gasteiger partial charge in [0.05, 0.1) is 11.6 Å². The summed E-state index contributed by atoms with van der Waals surface area (Å²) < 4.78 is 5.90. The van der Waals surface area contributed by atoms with E-state index in [9.17, 15) is 5.11 Å². The Bertz CT molecular complexity index is 532. The summed E-state index contributed by atoms with van der Waals surface area (Å²) in [5.41, 5.74) is 1.16. The Balaban J connectivity index is 1.42. The molecular weight excluding hydrogens is 318 g/mol. The first-order valence-corrected chi connectivity index (χ1v) is 8.27. The summed E-state index contributed by atoms with van der Waals surface area (Å²) in [6.45, 7) is 0.854. The highest BCUT2D eigenvalue weighted by Crippen LogP contribution is 2.65. The van der Waals surface area contributed by atoms with Crippen LogP contribution >= 0.6 is 15.9 Å². The zero-order valence-corrected chi connectivity index (χ0v) is 13.2. The van der Waals surface area contributed by atoms with Crippen molar-refractivity contribution in [2.75, 3.05) is 7.11 Å². The van der Waals surface area contributed by atoms with E-state index in [0.717, 1.165) is 41.8 Å². The Kier molecular flexibility index (Phi) is 3.00. The smallest absolute Gasteiger partial charge is 0.172 e. The lowest BCUT2D eigenvalue weighted by Gasteiger charge is -2.12. The van der Waals surface area contributed by atoms with Gasteiger partial charge in [-0.05, 0) is 76.6 Å². The molecular formula is C16H20BrNO2. The van der Waals surface area contributed by atoms with E-state index in [1.165, 1.54) is 19.3 Å². The van der Waals surface area contributed by atoms with Gasteiger partial charge in [0.25, 0.3) is 0 Å². The molecule has 3 aliphatic carbocycles. The van der Waals surface area contributed by atoms with Crippen molar-refractivity contribution in [2.45, 2.75) is 31.8 Å². The van der Waals surface area contributed by atoms with E-state index in [-0.39, 0.29) is 5.75 Å². The van der Waals surface area contributed by atoms with Gasteiger partial charge in [0.1, 0.15) is 0 Å². The van der Waals surface area contributed by atoms with Gasteiger partial charge in [-0.15, -0.1) is 0 Å². The zero-order chi connectivity index (χ0) is 13.9. The second-order valence-corrected chi connectivity index (χ2v) is 7.38. The first-order valence-electron chi connectivity index (χ1n) is 7.48. The number of phenols is 1. The minimum Gasteiger partial charge on any atom is -0.503 e.